The third-order valence-electron chi connectivity index (χ3n) is 8.04. The van der Waals surface area contributed by atoms with Gasteiger partial charge in [-0.3, -0.25) is 19.2 Å². The molecule has 220 valence electrons. The molecular formula is C32H26F2N2O5S2. The molecule has 4 heterocycles. The third-order valence-corrected chi connectivity index (χ3v) is 9.54. The largest absolute Gasteiger partial charge is 0.392 e. The normalized spacial score (nSPS) is 17.0. The Morgan fingerprint density at radius 1 is 0.674 bits per heavy atom. The lowest BCUT2D eigenvalue weighted by molar-refractivity contribution is -0.161. The highest BCUT2D eigenvalue weighted by molar-refractivity contribution is 7.99. The number of carbonyl (C=O) groups excluding carboxylic acids is 4. The van der Waals surface area contributed by atoms with Crippen LogP contribution in [0.2, 0.25) is 0 Å². The van der Waals surface area contributed by atoms with Crippen LogP contribution in [0.4, 0.5) is 8.78 Å². The Labute approximate surface area is 254 Å². The quantitative estimate of drug-likeness (QED) is 0.100. The summed E-state index contributed by atoms with van der Waals surface area (Å²) in [4.78, 5) is 54.7. The summed E-state index contributed by atoms with van der Waals surface area (Å²) in [5.41, 5.74) is 2.72. The average molecular weight is 621 g/mol. The number of hydrogen-bond acceptors (Lipinski definition) is 7. The third kappa shape index (κ3) is 5.14. The van der Waals surface area contributed by atoms with Gasteiger partial charge in [-0.25, -0.2) is 8.78 Å². The highest BCUT2D eigenvalue weighted by Gasteiger charge is 2.40. The minimum atomic E-state index is -0.727. The number of ether oxygens (including phenoxy) is 1. The van der Waals surface area contributed by atoms with Gasteiger partial charge in [0.15, 0.2) is 0 Å². The van der Waals surface area contributed by atoms with Crippen LogP contribution in [0.25, 0.3) is 0 Å². The number of benzene rings is 2. The molecular weight excluding hydrogens is 594 g/mol. The van der Waals surface area contributed by atoms with Crippen molar-refractivity contribution in [1.29, 1.82) is 0 Å². The van der Waals surface area contributed by atoms with Gasteiger partial charge < -0.3 is 13.9 Å². The lowest BCUT2D eigenvalue weighted by atomic mass is 10.0. The van der Waals surface area contributed by atoms with Gasteiger partial charge in [0, 0.05) is 45.4 Å². The van der Waals surface area contributed by atoms with Gasteiger partial charge in [-0.2, -0.15) is 0 Å². The Morgan fingerprint density at radius 2 is 1.05 bits per heavy atom. The fourth-order valence-corrected chi connectivity index (χ4v) is 7.20. The zero-order valence-electron chi connectivity index (χ0n) is 23.3. The molecule has 0 aliphatic carbocycles. The Kier molecular flexibility index (Phi) is 7.87. The molecule has 2 aromatic heterocycles. The maximum atomic E-state index is 13.4. The van der Waals surface area contributed by atoms with Crippen LogP contribution in [0.3, 0.4) is 0 Å². The molecule has 2 aromatic carbocycles. The molecule has 2 aliphatic heterocycles. The Morgan fingerprint density at radius 3 is 1.40 bits per heavy atom. The molecule has 2 unspecified atom stereocenters. The van der Waals surface area contributed by atoms with E-state index in [-0.39, 0.29) is 11.6 Å². The molecule has 7 nitrogen and oxygen atoms in total. The Balaban J connectivity index is 1.22. The molecule has 4 aromatic rings. The van der Waals surface area contributed by atoms with Crippen molar-refractivity contribution in [3.8, 4) is 0 Å². The van der Waals surface area contributed by atoms with E-state index in [9.17, 15) is 28.0 Å². The van der Waals surface area contributed by atoms with Crippen LogP contribution in [0.5, 0.6) is 0 Å². The maximum absolute atomic E-state index is 13.4. The molecule has 0 bridgehead atoms. The summed E-state index contributed by atoms with van der Waals surface area (Å²) in [6, 6.07) is 14.2. The molecule has 11 heteroatoms. The number of rotatable bonds is 8. The van der Waals surface area contributed by atoms with E-state index in [0.29, 0.717) is 69.6 Å². The van der Waals surface area contributed by atoms with Crippen LogP contribution >= 0.6 is 23.5 Å². The highest BCUT2D eigenvalue weighted by Crippen LogP contribution is 2.40. The van der Waals surface area contributed by atoms with E-state index in [4.69, 9.17) is 4.74 Å². The van der Waals surface area contributed by atoms with Crippen LogP contribution in [0.15, 0.2) is 70.5 Å². The van der Waals surface area contributed by atoms with Crippen LogP contribution in [-0.4, -0.2) is 45.2 Å². The molecule has 0 amide bonds. The second kappa shape index (κ2) is 11.6. The smallest absolute Gasteiger partial charge is 0.322 e. The Hall–Kier alpha value is -3.96. The number of fused-ring (bicyclic) bond motifs is 2. The molecule has 0 saturated heterocycles. The molecule has 6 rings (SSSR count). The molecule has 0 N–H and O–H groups in total. The lowest BCUT2D eigenvalue weighted by Crippen LogP contribution is -2.22. The maximum Gasteiger partial charge on any atom is 0.322 e. The highest BCUT2D eigenvalue weighted by atomic mass is 32.2. The summed E-state index contributed by atoms with van der Waals surface area (Å²) in [5, 5.41) is 0. The number of halogens is 2. The molecule has 0 fully saturated rings. The second-order valence-corrected chi connectivity index (χ2v) is 12.1. The first kappa shape index (κ1) is 29.1. The first-order valence-electron chi connectivity index (χ1n) is 13.6. The van der Waals surface area contributed by atoms with Crippen LogP contribution < -0.4 is 0 Å². The van der Waals surface area contributed by atoms with Gasteiger partial charge in [-0.1, -0.05) is 0 Å². The van der Waals surface area contributed by atoms with Crippen LogP contribution in [-0.2, 0) is 27.4 Å². The molecule has 0 radical (unpaired) electrons. The van der Waals surface area contributed by atoms with Crippen molar-refractivity contribution in [2.24, 2.45) is 0 Å². The van der Waals surface area contributed by atoms with Crippen molar-refractivity contribution in [3.05, 3.63) is 106 Å². The standard InChI is InChI=1S/C32H26F2N2O5S2/c1-42-25-15-23-21(11-13-35(23)27(25)29(37)17-3-7-19(33)8-4-17)31(39)41-32(40)22-12-14-36-24(22)16-26(43-2)28(36)30(38)18-5-9-20(34)10-6-18/h3-10,15-16,21-22H,11-14H2,1-2H3. The minimum Gasteiger partial charge on any atom is -0.392 e. The number of esters is 2. The second-order valence-electron chi connectivity index (χ2n) is 10.4. The van der Waals surface area contributed by atoms with Gasteiger partial charge in [0.05, 0.1) is 11.8 Å². The van der Waals surface area contributed by atoms with E-state index in [2.05, 4.69) is 0 Å². The fourth-order valence-electron chi connectivity index (χ4n) is 5.93. The van der Waals surface area contributed by atoms with E-state index in [1.807, 2.05) is 12.5 Å². The summed E-state index contributed by atoms with van der Waals surface area (Å²) in [6.45, 7) is 0.786. The number of aromatic nitrogens is 2. The van der Waals surface area contributed by atoms with Gasteiger partial charge in [-0.05, 0) is 86.0 Å². The molecule has 0 spiro atoms. The summed E-state index contributed by atoms with van der Waals surface area (Å²) >= 11 is 2.74. The topological polar surface area (TPSA) is 87.4 Å². The number of ketones is 2. The lowest BCUT2D eigenvalue weighted by Gasteiger charge is -2.12. The first-order chi connectivity index (χ1) is 20.7. The van der Waals surface area contributed by atoms with Crippen molar-refractivity contribution in [2.45, 2.75) is 47.6 Å². The monoisotopic (exact) mass is 620 g/mol. The van der Waals surface area contributed by atoms with Gasteiger partial charge in [0.25, 0.3) is 0 Å². The first-order valence-corrected chi connectivity index (χ1v) is 16.1. The number of hydrogen-bond donors (Lipinski definition) is 0. The predicted octanol–water partition coefficient (Wildman–Crippen LogP) is 6.22. The molecule has 2 atom stereocenters. The number of carbonyl (C=O) groups is 4. The summed E-state index contributed by atoms with van der Waals surface area (Å²) < 4.78 is 35.9. The van der Waals surface area contributed by atoms with E-state index >= 15 is 0 Å². The van der Waals surface area contributed by atoms with E-state index in [1.165, 1.54) is 72.1 Å². The zero-order chi connectivity index (χ0) is 30.4. The van der Waals surface area contributed by atoms with Crippen molar-refractivity contribution in [1.82, 2.24) is 9.13 Å². The van der Waals surface area contributed by atoms with E-state index in [0.717, 1.165) is 0 Å². The van der Waals surface area contributed by atoms with E-state index < -0.39 is 35.4 Å². The van der Waals surface area contributed by atoms with Gasteiger partial charge in [-0.15, -0.1) is 23.5 Å². The van der Waals surface area contributed by atoms with Crippen molar-refractivity contribution in [3.63, 3.8) is 0 Å². The summed E-state index contributed by atoms with van der Waals surface area (Å²) in [7, 11) is 0. The summed E-state index contributed by atoms with van der Waals surface area (Å²) in [5.74, 6) is -4.26. The van der Waals surface area contributed by atoms with Gasteiger partial charge in [0.2, 0.25) is 11.6 Å². The SMILES string of the molecule is CSc1cc2n(c1C(=O)c1ccc(F)cc1)CCC2C(=O)OC(=O)C1CCn2c1cc(SC)c2C(=O)c1ccc(F)cc1. The zero-order valence-corrected chi connectivity index (χ0v) is 24.9. The molecule has 0 saturated carbocycles. The minimum absolute atomic E-state index is 0.275. The fraction of sp³-hybridized carbons (Fsp3) is 0.250. The molecule has 2 aliphatic rings. The van der Waals surface area contributed by atoms with Gasteiger partial charge >= 0.3 is 11.9 Å². The number of nitrogens with zero attached hydrogens (tertiary/aromatic N) is 2. The van der Waals surface area contributed by atoms with Crippen LogP contribution in [0, 0.1) is 11.6 Å². The van der Waals surface area contributed by atoms with Crippen LogP contribution in [0.1, 0.15) is 68.2 Å². The average Bonchev–Trinajstić information content (AvgIpc) is 3.76. The Bertz CT molecular complexity index is 1650. The van der Waals surface area contributed by atoms with Crippen molar-refractivity contribution >= 4 is 47.0 Å². The molecule has 43 heavy (non-hydrogen) atoms. The predicted molar refractivity (Wildman–Crippen MR) is 158 cm³/mol. The van der Waals surface area contributed by atoms with Gasteiger partial charge in [0.1, 0.15) is 23.0 Å². The van der Waals surface area contributed by atoms with E-state index in [1.54, 1.807) is 21.3 Å². The summed E-state index contributed by atoms with van der Waals surface area (Å²) in [6.07, 6.45) is 4.40. The number of thioether (sulfide) groups is 2. The van der Waals surface area contributed by atoms with Crippen molar-refractivity contribution in [2.75, 3.05) is 12.5 Å². The van der Waals surface area contributed by atoms with Crippen molar-refractivity contribution < 1.29 is 32.7 Å².